The molecule has 13 heavy (non-hydrogen) atoms. The van der Waals surface area contributed by atoms with Gasteiger partial charge in [0.15, 0.2) is 0 Å². The van der Waals surface area contributed by atoms with Crippen LogP contribution in [0.3, 0.4) is 0 Å². The monoisotopic (exact) mass is 259 g/mol. The largest absolute Gasteiger partial charge is 0.480 e. The van der Waals surface area contributed by atoms with Gasteiger partial charge in [-0.15, -0.1) is 0 Å². The van der Waals surface area contributed by atoms with Gasteiger partial charge >= 0.3 is 5.97 Å². The normalized spacial score (nSPS) is 10.8. The molecule has 1 aromatic rings. The van der Waals surface area contributed by atoms with Crippen LogP contribution in [-0.2, 0) is 45.9 Å². The van der Waals surface area contributed by atoms with Gasteiger partial charge in [0, 0.05) is 53.0 Å². The summed E-state index contributed by atoms with van der Waals surface area (Å²) >= 11 is 0. The third kappa shape index (κ3) is 5.10. The Hall–Kier alpha value is -0.295. The summed E-state index contributed by atoms with van der Waals surface area (Å²) in [6.07, 6.45) is 3.34. The molecule has 0 bridgehead atoms. The average molecular weight is 259 g/mol. The number of hydrogen-bond acceptors (Lipinski definition) is 3. The number of nitrogens with zero attached hydrogens (tertiary/aromatic N) is 1. The van der Waals surface area contributed by atoms with Gasteiger partial charge in [0.2, 0.25) is 0 Å². The van der Waals surface area contributed by atoms with E-state index in [1.165, 1.54) is 6.33 Å². The zero-order valence-electron chi connectivity index (χ0n) is 6.64. The molecule has 0 spiro atoms. The third-order valence-corrected chi connectivity index (χ3v) is 1.31. The molecule has 0 aromatic carbocycles. The maximum Gasteiger partial charge on any atom is 0.320 e. The molecule has 0 fully saturated rings. The quantitative estimate of drug-likeness (QED) is 0.673. The van der Waals surface area contributed by atoms with Crippen molar-refractivity contribution in [2.24, 2.45) is 5.73 Å². The second-order valence-electron chi connectivity index (χ2n) is 2.23. The van der Waals surface area contributed by atoms with Gasteiger partial charge in [-0.2, -0.15) is 0 Å². The molecule has 1 aromatic heterocycles. The van der Waals surface area contributed by atoms with E-state index in [-0.39, 0.29) is 41.1 Å². The average Bonchev–Trinajstić information content (AvgIpc) is 2.39. The van der Waals surface area contributed by atoms with Crippen molar-refractivity contribution in [2.45, 2.75) is 12.5 Å². The van der Waals surface area contributed by atoms with Gasteiger partial charge in [-0.25, -0.2) is 4.98 Å². The molecule has 1 unspecified atom stereocenters. The second-order valence-corrected chi connectivity index (χ2v) is 2.23. The van der Waals surface area contributed by atoms with E-state index in [2.05, 4.69) is 9.97 Å². The minimum atomic E-state index is -1.00. The molecule has 0 saturated carbocycles. The molecule has 0 amide bonds. The van der Waals surface area contributed by atoms with Crippen LogP contribution in [0, 0.1) is 0 Å². The molecule has 0 aliphatic rings. The Kier molecular flexibility index (Phi) is 8.34. The second kappa shape index (κ2) is 7.14. The number of nitrogens with one attached hydrogen (secondary N) is 1. The van der Waals surface area contributed by atoms with E-state index in [9.17, 15) is 4.79 Å². The van der Waals surface area contributed by atoms with Gasteiger partial charge in [0.1, 0.15) is 6.04 Å². The number of aliphatic carboxylic acids is 1. The molecule has 72 valence electrons. The Bertz CT molecular complexity index is 240. The Balaban J connectivity index is 0. The predicted octanol–water partition coefficient (Wildman–Crippen LogP) is -0.641. The first-order chi connectivity index (χ1) is 5.20. The molecule has 1 heterocycles. The minimum Gasteiger partial charge on any atom is -0.480 e. The van der Waals surface area contributed by atoms with E-state index in [1.54, 1.807) is 6.20 Å². The summed E-state index contributed by atoms with van der Waals surface area (Å²) in [4.78, 5) is 16.8. The number of carboxylic acids is 1. The number of rotatable bonds is 3. The first kappa shape index (κ1) is 15.2. The Morgan fingerprint density at radius 1 is 1.69 bits per heavy atom. The molecule has 4 N–H and O–H groups in total. The zero-order valence-corrected chi connectivity index (χ0v) is 9.19. The van der Waals surface area contributed by atoms with Crippen molar-refractivity contribution in [2.75, 3.05) is 0 Å². The van der Waals surface area contributed by atoms with Crippen LogP contribution in [0.25, 0.3) is 0 Å². The standard InChI is InChI=1S/C6H9N3O2.2Cr/c7-5(6(10)11)1-4-2-8-3-9-4;;/h2-3,5H,1,7H2,(H,8,9)(H,10,11);;. The van der Waals surface area contributed by atoms with Crippen LogP contribution >= 0.6 is 0 Å². The molecule has 1 atom stereocenters. The summed E-state index contributed by atoms with van der Waals surface area (Å²) in [7, 11) is 0. The zero-order chi connectivity index (χ0) is 8.27. The van der Waals surface area contributed by atoms with Gasteiger partial charge in [-0.1, -0.05) is 0 Å². The molecule has 0 saturated heterocycles. The summed E-state index contributed by atoms with van der Waals surface area (Å²) in [5.74, 6) is -1.00. The van der Waals surface area contributed by atoms with Crippen molar-refractivity contribution in [3.63, 3.8) is 0 Å². The summed E-state index contributed by atoms with van der Waals surface area (Å²) in [5, 5.41) is 8.42. The van der Waals surface area contributed by atoms with Crippen LogP contribution in [-0.4, -0.2) is 27.1 Å². The van der Waals surface area contributed by atoms with Crippen molar-refractivity contribution in [3.8, 4) is 0 Å². The summed E-state index contributed by atoms with van der Waals surface area (Å²) in [5.41, 5.74) is 6.00. The number of H-pyrrole nitrogens is 1. The number of aromatic amines is 1. The number of imidazole rings is 1. The summed E-state index contributed by atoms with van der Waals surface area (Å²) < 4.78 is 0. The Morgan fingerprint density at radius 2 is 2.31 bits per heavy atom. The van der Waals surface area contributed by atoms with Crippen molar-refractivity contribution in [1.82, 2.24) is 9.97 Å². The van der Waals surface area contributed by atoms with Crippen LogP contribution in [0.2, 0.25) is 0 Å². The molecular weight excluding hydrogens is 250 g/mol. The first-order valence-electron chi connectivity index (χ1n) is 3.16. The fourth-order valence-corrected chi connectivity index (χ4v) is 0.721. The van der Waals surface area contributed by atoms with Gasteiger partial charge in [-0.05, 0) is 0 Å². The van der Waals surface area contributed by atoms with Gasteiger partial charge in [0.05, 0.1) is 6.33 Å². The van der Waals surface area contributed by atoms with E-state index < -0.39 is 12.0 Å². The van der Waals surface area contributed by atoms with Crippen LogP contribution in [0.5, 0.6) is 0 Å². The number of nitrogens with two attached hydrogens (primary N) is 1. The van der Waals surface area contributed by atoms with E-state index >= 15 is 0 Å². The molecule has 5 nitrogen and oxygen atoms in total. The molecule has 0 aliphatic heterocycles. The molecule has 1 rings (SSSR count). The predicted molar refractivity (Wildman–Crippen MR) is 37.9 cm³/mol. The van der Waals surface area contributed by atoms with E-state index in [1.807, 2.05) is 0 Å². The summed E-state index contributed by atoms with van der Waals surface area (Å²) in [6, 6.07) is -0.851. The fraction of sp³-hybridized carbons (Fsp3) is 0.333. The minimum absolute atomic E-state index is 0. The van der Waals surface area contributed by atoms with Crippen molar-refractivity contribution in [3.05, 3.63) is 18.2 Å². The van der Waals surface area contributed by atoms with Crippen LogP contribution < -0.4 is 5.73 Å². The SMILES string of the molecule is NC(Cc1cnc[nH]1)C(=O)O.[Cr].[Cr]. The van der Waals surface area contributed by atoms with Crippen molar-refractivity contribution >= 4 is 5.97 Å². The number of hydrogen-bond donors (Lipinski definition) is 3. The third-order valence-electron chi connectivity index (χ3n) is 1.31. The Morgan fingerprint density at radius 3 is 2.69 bits per heavy atom. The van der Waals surface area contributed by atoms with Gasteiger partial charge in [0.25, 0.3) is 0 Å². The van der Waals surface area contributed by atoms with Crippen LogP contribution in [0.4, 0.5) is 0 Å². The smallest absolute Gasteiger partial charge is 0.320 e. The van der Waals surface area contributed by atoms with E-state index in [4.69, 9.17) is 10.8 Å². The van der Waals surface area contributed by atoms with Gasteiger partial charge < -0.3 is 15.8 Å². The Labute approximate surface area is 97.0 Å². The molecule has 0 radical (unpaired) electrons. The number of aromatic nitrogens is 2. The van der Waals surface area contributed by atoms with Crippen molar-refractivity contribution < 1.29 is 44.6 Å². The number of carboxylic acid groups (broad SMARTS) is 1. The molecule has 7 heteroatoms. The van der Waals surface area contributed by atoms with Crippen LogP contribution in [0.15, 0.2) is 12.5 Å². The van der Waals surface area contributed by atoms with E-state index in [0.717, 1.165) is 5.69 Å². The maximum atomic E-state index is 10.3. The van der Waals surface area contributed by atoms with Crippen molar-refractivity contribution in [1.29, 1.82) is 0 Å². The van der Waals surface area contributed by atoms with Crippen LogP contribution in [0.1, 0.15) is 5.69 Å². The van der Waals surface area contributed by atoms with E-state index in [0.29, 0.717) is 0 Å². The number of carbonyl (C=O) groups is 1. The topological polar surface area (TPSA) is 92.0 Å². The fourth-order valence-electron chi connectivity index (χ4n) is 0.721. The summed E-state index contributed by atoms with van der Waals surface area (Å²) in [6.45, 7) is 0. The maximum absolute atomic E-state index is 10.3. The molecular formula is C6H9Cr2N3O2. The first-order valence-corrected chi connectivity index (χ1v) is 3.16. The molecule has 0 aliphatic carbocycles. The van der Waals surface area contributed by atoms with Gasteiger partial charge in [-0.3, -0.25) is 4.79 Å².